The lowest BCUT2D eigenvalue weighted by Crippen LogP contribution is -1.99. The summed E-state index contributed by atoms with van der Waals surface area (Å²) in [7, 11) is 0. The Balaban J connectivity index is 0.000000159. The first-order valence-corrected chi connectivity index (χ1v) is 23.9. The molecule has 0 N–H and O–H groups in total. The summed E-state index contributed by atoms with van der Waals surface area (Å²) in [5.41, 5.74) is 18.8. The van der Waals surface area contributed by atoms with Gasteiger partial charge in [0, 0.05) is 16.7 Å². The summed E-state index contributed by atoms with van der Waals surface area (Å²) in [4.78, 5) is 9.92. The molecule has 2 heteroatoms. The maximum absolute atomic E-state index is 4.96. The van der Waals surface area contributed by atoms with Crippen molar-refractivity contribution in [2.75, 3.05) is 0 Å². The van der Waals surface area contributed by atoms with E-state index in [2.05, 4.69) is 200 Å². The lowest BCUT2D eigenvalue weighted by molar-refractivity contribution is 0.735. The minimum Gasteiger partial charge on any atom is -0.228 e. The van der Waals surface area contributed by atoms with Gasteiger partial charge in [0.25, 0.3) is 0 Å². The number of benzene rings is 9. The van der Waals surface area contributed by atoms with Crippen molar-refractivity contribution in [3.63, 3.8) is 0 Å². The van der Waals surface area contributed by atoms with E-state index in [1.807, 2.05) is 54.6 Å². The molecule has 2 nitrogen and oxygen atoms in total. The van der Waals surface area contributed by atoms with E-state index in [-0.39, 0.29) is 0 Å². The van der Waals surface area contributed by atoms with Crippen LogP contribution in [0.2, 0.25) is 0 Å². The van der Waals surface area contributed by atoms with Crippen molar-refractivity contribution in [2.24, 2.45) is 0 Å². The summed E-state index contributed by atoms with van der Waals surface area (Å²) < 4.78 is 0. The maximum atomic E-state index is 4.96. The Morgan fingerprint density at radius 1 is 0.418 bits per heavy atom. The third kappa shape index (κ3) is 10.8. The highest BCUT2D eigenvalue weighted by Gasteiger charge is 2.18. The fourth-order valence-corrected chi connectivity index (χ4v) is 9.13. The SMILES string of the molecule is CCCc1ccc2ccccc2c1-c1cc(-c2ccccc2C(C)CC)c(C)cc1C.Cc1ccc2c(-c3nc(-c4ccccc4)cc(-c4ccccc4)n3)cccc2c1.Cc1ccccc1. The molecule has 0 aliphatic carbocycles. The zero-order valence-corrected chi connectivity index (χ0v) is 40.2. The van der Waals surface area contributed by atoms with E-state index in [1.165, 1.54) is 77.2 Å². The number of aryl methyl sites for hydroxylation is 5. The quantitative estimate of drug-likeness (QED) is 0.144. The van der Waals surface area contributed by atoms with Gasteiger partial charge in [-0.15, -0.1) is 0 Å². The minimum absolute atomic E-state index is 0.550. The standard InChI is InChI=1S/C31H34.C27H20N2.C7H8/c1-6-12-25-18-17-24-13-8-9-15-27(24)31(25)30-20-29(22(4)19-23(30)5)28-16-11-10-14-26(28)21(3)7-2;1-19-15-16-23-22(17-19)13-8-14-24(23)27-28-25(20-9-4-2-5-10-20)18-26(29-27)21-11-6-3-7-12-21;1-7-5-3-2-4-6-7/h8-11,13-21H,6-7,12H2,1-5H3;2-18H,1H3;2-6H,1H3. The summed E-state index contributed by atoms with van der Waals surface area (Å²) in [6.07, 6.45) is 3.41. The number of aromatic nitrogens is 2. The Kier molecular flexibility index (Phi) is 14.9. The Bertz CT molecular complexity index is 3170. The van der Waals surface area contributed by atoms with Gasteiger partial charge in [-0.05, 0) is 125 Å². The molecule has 0 fully saturated rings. The highest BCUT2D eigenvalue weighted by atomic mass is 14.9. The van der Waals surface area contributed by atoms with Crippen LogP contribution >= 0.6 is 0 Å². The molecule has 1 unspecified atom stereocenters. The van der Waals surface area contributed by atoms with Gasteiger partial charge < -0.3 is 0 Å². The van der Waals surface area contributed by atoms with Crippen LogP contribution in [0.15, 0.2) is 206 Å². The summed E-state index contributed by atoms with van der Waals surface area (Å²) in [6, 6.07) is 73.0. The second-order valence-corrected chi connectivity index (χ2v) is 17.8. The van der Waals surface area contributed by atoms with Gasteiger partial charge in [0.15, 0.2) is 5.82 Å². The second-order valence-electron chi connectivity index (χ2n) is 17.8. The van der Waals surface area contributed by atoms with Crippen LogP contribution in [0.4, 0.5) is 0 Å². The Morgan fingerprint density at radius 3 is 1.64 bits per heavy atom. The molecular weight excluding hydrogens is 809 g/mol. The third-order valence-electron chi connectivity index (χ3n) is 12.9. The van der Waals surface area contributed by atoms with E-state index in [0.717, 1.165) is 53.2 Å². The van der Waals surface area contributed by atoms with Crippen molar-refractivity contribution >= 4 is 21.5 Å². The van der Waals surface area contributed by atoms with Crippen LogP contribution in [0.25, 0.3) is 77.7 Å². The van der Waals surface area contributed by atoms with Crippen LogP contribution in [0.5, 0.6) is 0 Å². The van der Waals surface area contributed by atoms with Crippen LogP contribution in [-0.4, -0.2) is 9.97 Å². The predicted molar refractivity (Wildman–Crippen MR) is 289 cm³/mol. The largest absolute Gasteiger partial charge is 0.228 e. The molecule has 1 aromatic heterocycles. The number of hydrogen-bond acceptors (Lipinski definition) is 2. The average molecular weight is 871 g/mol. The van der Waals surface area contributed by atoms with Crippen molar-refractivity contribution in [2.45, 2.75) is 73.6 Å². The van der Waals surface area contributed by atoms with Gasteiger partial charge in [0.1, 0.15) is 0 Å². The lowest BCUT2D eigenvalue weighted by atomic mass is 9.84. The van der Waals surface area contributed by atoms with Gasteiger partial charge in [-0.2, -0.15) is 0 Å². The van der Waals surface area contributed by atoms with E-state index in [9.17, 15) is 0 Å². The molecule has 10 rings (SSSR count). The normalized spacial score (nSPS) is 11.3. The van der Waals surface area contributed by atoms with Crippen LogP contribution < -0.4 is 0 Å². The first kappa shape index (κ1) is 46.1. The van der Waals surface area contributed by atoms with E-state index >= 15 is 0 Å². The number of nitrogens with zero attached hydrogens (tertiary/aromatic N) is 2. The Morgan fingerprint density at radius 2 is 1.00 bits per heavy atom. The Hall–Kier alpha value is -7.42. The molecule has 332 valence electrons. The summed E-state index contributed by atoms with van der Waals surface area (Å²) in [5, 5.41) is 5.06. The summed E-state index contributed by atoms with van der Waals surface area (Å²) >= 11 is 0. The van der Waals surface area contributed by atoms with E-state index < -0.39 is 0 Å². The average Bonchev–Trinajstić information content (AvgIpc) is 3.37. The van der Waals surface area contributed by atoms with Crippen molar-refractivity contribution < 1.29 is 0 Å². The third-order valence-corrected chi connectivity index (χ3v) is 12.9. The molecule has 0 radical (unpaired) electrons. The zero-order valence-electron chi connectivity index (χ0n) is 40.2. The predicted octanol–water partition coefficient (Wildman–Crippen LogP) is 18.2. The monoisotopic (exact) mass is 870 g/mol. The molecule has 67 heavy (non-hydrogen) atoms. The van der Waals surface area contributed by atoms with Crippen molar-refractivity contribution in [1.82, 2.24) is 9.97 Å². The van der Waals surface area contributed by atoms with Gasteiger partial charge >= 0.3 is 0 Å². The van der Waals surface area contributed by atoms with Gasteiger partial charge in [0.2, 0.25) is 0 Å². The molecule has 0 aliphatic heterocycles. The molecule has 0 spiro atoms. The highest BCUT2D eigenvalue weighted by molar-refractivity contribution is 6.00. The fourth-order valence-electron chi connectivity index (χ4n) is 9.13. The molecule has 0 saturated carbocycles. The number of hydrogen-bond donors (Lipinski definition) is 0. The smallest absolute Gasteiger partial charge is 0.161 e. The van der Waals surface area contributed by atoms with Crippen LogP contribution in [0.1, 0.15) is 72.9 Å². The second kappa shape index (κ2) is 21.7. The molecule has 1 heterocycles. The van der Waals surface area contributed by atoms with E-state index in [4.69, 9.17) is 9.97 Å². The van der Waals surface area contributed by atoms with Gasteiger partial charge in [-0.25, -0.2) is 9.97 Å². The van der Waals surface area contributed by atoms with Crippen LogP contribution in [0, 0.1) is 27.7 Å². The van der Waals surface area contributed by atoms with Crippen molar-refractivity contribution in [3.8, 4) is 56.2 Å². The van der Waals surface area contributed by atoms with Gasteiger partial charge in [-0.1, -0.05) is 232 Å². The number of fused-ring (bicyclic) bond motifs is 2. The first-order valence-electron chi connectivity index (χ1n) is 23.9. The number of rotatable bonds is 9. The minimum atomic E-state index is 0.550. The Labute approximate surface area is 399 Å². The molecule has 0 amide bonds. The summed E-state index contributed by atoms with van der Waals surface area (Å²) in [5.74, 6) is 1.30. The van der Waals surface area contributed by atoms with E-state index in [1.54, 1.807) is 0 Å². The molecule has 9 aromatic carbocycles. The maximum Gasteiger partial charge on any atom is 0.161 e. The van der Waals surface area contributed by atoms with E-state index in [0.29, 0.717) is 5.92 Å². The first-order chi connectivity index (χ1) is 32.7. The van der Waals surface area contributed by atoms with Gasteiger partial charge in [-0.3, -0.25) is 0 Å². The molecule has 0 aliphatic rings. The zero-order chi connectivity index (χ0) is 46.7. The summed E-state index contributed by atoms with van der Waals surface area (Å²) in [6.45, 7) is 15.6. The van der Waals surface area contributed by atoms with Crippen LogP contribution in [0.3, 0.4) is 0 Å². The topological polar surface area (TPSA) is 25.8 Å². The highest BCUT2D eigenvalue weighted by Crippen LogP contribution is 2.41. The molecular formula is C65H62N2. The molecule has 0 saturated heterocycles. The van der Waals surface area contributed by atoms with Crippen molar-refractivity contribution in [1.29, 1.82) is 0 Å². The lowest BCUT2D eigenvalue weighted by Gasteiger charge is -2.21. The van der Waals surface area contributed by atoms with Crippen molar-refractivity contribution in [3.05, 3.63) is 240 Å². The molecule has 0 bridgehead atoms. The molecule has 1 atom stereocenters. The molecule has 10 aromatic rings. The van der Waals surface area contributed by atoms with Crippen LogP contribution in [-0.2, 0) is 6.42 Å². The fraction of sp³-hybridized carbons (Fsp3) is 0.169. The van der Waals surface area contributed by atoms with Gasteiger partial charge in [0.05, 0.1) is 11.4 Å².